The Kier molecular flexibility index (Phi) is 7.57. The molecule has 7 heteroatoms. The number of fused-ring (bicyclic) bond motifs is 1. The summed E-state index contributed by atoms with van der Waals surface area (Å²) in [7, 11) is 0. The maximum atomic E-state index is 5.03. The topological polar surface area (TPSA) is 77.3 Å². The second-order valence-electron chi connectivity index (χ2n) is 11.0. The SMILES string of the molecule is Brc1cc(-c2nc(-c3ccc(-c4cccnc4)cc3)nc(-c3ccc(-c4cccnc4)cc3)n2)cc(-c2cccc3ncccc23)c1. The molecule has 0 aliphatic carbocycles. The van der Waals surface area contributed by atoms with Crippen LogP contribution in [0.4, 0.5) is 0 Å². The fourth-order valence-electron chi connectivity index (χ4n) is 5.68. The van der Waals surface area contributed by atoms with Crippen LogP contribution in [0.25, 0.3) is 78.4 Å². The highest BCUT2D eigenvalue weighted by Crippen LogP contribution is 2.34. The number of aromatic nitrogens is 6. The summed E-state index contributed by atoms with van der Waals surface area (Å²) in [6, 6.07) is 41.0. The Morgan fingerprint density at radius 3 is 1.51 bits per heavy atom. The number of hydrogen-bond donors (Lipinski definition) is 0. The highest BCUT2D eigenvalue weighted by atomic mass is 79.9. The zero-order chi connectivity index (χ0) is 31.6. The maximum Gasteiger partial charge on any atom is 0.164 e. The summed E-state index contributed by atoms with van der Waals surface area (Å²) < 4.78 is 0.927. The van der Waals surface area contributed by atoms with E-state index >= 15 is 0 Å². The molecule has 0 fully saturated rings. The number of nitrogens with zero attached hydrogens (tertiary/aromatic N) is 6. The molecular formula is C40H25BrN6. The third kappa shape index (κ3) is 5.92. The molecule has 0 bridgehead atoms. The molecule has 0 saturated carbocycles. The number of pyridine rings is 3. The average molecular weight is 670 g/mol. The van der Waals surface area contributed by atoms with Gasteiger partial charge in [0.2, 0.25) is 0 Å². The Hall–Kier alpha value is -5.92. The first-order chi connectivity index (χ1) is 23.2. The van der Waals surface area contributed by atoms with Crippen molar-refractivity contribution in [2.45, 2.75) is 0 Å². The normalized spacial score (nSPS) is 11.1. The van der Waals surface area contributed by atoms with Crippen LogP contribution in [0.5, 0.6) is 0 Å². The van der Waals surface area contributed by atoms with Gasteiger partial charge in [0.1, 0.15) is 0 Å². The molecule has 4 aromatic carbocycles. The lowest BCUT2D eigenvalue weighted by Crippen LogP contribution is -2.00. The molecule has 8 rings (SSSR count). The van der Waals surface area contributed by atoms with Gasteiger partial charge < -0.3 is 0 Å². The molecule has 47 heavy (non-hydrogen) atoms. The lowest BCUT2D eigenvalue weighted by atomic mass is 9.98. The standard InChI is InChI=1S/C40H25BrN6/c41-34-22-32(35-7-1-9-37-36(35)8-4-20-44-37)21-33(23-34)40-46-38(28-14-10-26(11-15-28)30-5-2-18-42-24-30)45-39(47-40)29-16-12-27(13-17-29)31-6-3-19-43-25-31/h1-25H. The Labute approximate surface area is 280 Å². The summed E-state index contributed by atoms with van der Waals surface area (Å²) in [4.78, 5) is 28.1. The fourth-order valence-corrected chi connectivity index (χ4v) is 6.18. The first-order valence-corrected chi connectivity index (χ1v) is 15.9. The first-order valence-electron chi connectivity index (χ1n) is 15.1. The Morgan fingerprint density at radius 2 is 0.936 bits per heavy atom. The molecule has 0 atom stereocenters. The molecule has 4 heterocycles. The van der Waals surface area contributed by atoms with E-state index in [0.717, 1.165) is 65.4 Å². The molecule has 222 valence electrons. The minimum Gasteiger partial charge on any atom is -0.264 e. The number of rotatable bonds is 6. The second kappa shape index (κ2) is 12.5. The predicted octanol–water partition coefficient (Wildman–Crippen LogP) is 9.97. The lowest BCUT2D eigenvalue weighted by molar-refractivity contribution is 1.07. The molecule has 0 aliphatic heterocycles. The summed E-state index contributed by atoms with van der Waals surface area (Å²) in [6.07, 6.45) is 9.10. The van der Waals surface area contributed by atoms with Gasteiger partial charge in [0.15, 0.2) is 17.5 Å². The van der Waals surface area contributed by atoms with E-state index < -0.39 is 0 Å². The minimum atomic E-state index is 0.582. The van der Waals surface area contributed by atoms with Gasteiger partial charge in [-0.2, -0.15) is 0 Å². The van der Waals surface area contributed by atoms with Crippen LogP contribution in [0, 0.1) is 0 Å². The van der Waals surface area contributed by atoms with Crippen LogP contribution in [0.15, 0.2) is 157 Å². The van der Waals surface area contributed by atoms with Gasteiger partial charge >= 0.3 is 0 Å². The van der Waals surface area contributed by atoms with E-state index in [4.69, 9.17) is 15.0 Å². The van der Waals surface area contributed by atoms with E-state index in [1.54, 1.807) is 12.4 Å². The number of halogens is 1. The van der Waals surface area contributed by atoms with Crippen molar-refractivity contribution >= 4 is 26.8 Å². The van der Waals surface area contributed by atoms with Crippen molar-refractivity contribution in [1.82, 2.24) is 29.9 Å². The summed E-state index contributed by atoms with van der Waals surface area (Å²) in [5, 5.41) is 1.08. The summed E-state index contributed by atoms with van der Waals surface area (Å²) in [5.74, 6) is 1.77. The molecule has 4 aromatic heterocycles. The molecular weight excluding hydrogens is 644 g/mol. The van der Waals surface area contributed by atoms with Crippen molar-refractivity contribution < 1.29 is 0 Å². The molecule has 0 unspecified atom stereocenters. The Balaban J connectivity index is 1.25. The molecule has 0 radical (unpaired) electrons. The van der Waals surface area contributed by atoms with Gasteiger partial charge in [-0.05, 0) is 75.8 Å². The van der Waals surface area contributed by atoms with Crippen LogP contribution in [0.1, 0.15) is 0 Å². The van der Waals surface area contributed by atoms with Gasteiger partial charge in [0.25, 0.3) is 0 Å². The van der Waals surface area contributed by atoms with Crippen molar-refractivity contribution in [2.75, 3.05) is 0 Å². The minimum absolute atomic E-state index is 0.582. The summed E-state index contributed by atoms with van der Waals surface area (Å²) in [6.45, 7) is 0. The van der Waals surface area contributed by atoms with Gasteiger partial charge in [-0.15, -0.1) is 0 Å². The van der Waals surface area contributed by atoms with Crippen LogP contribution < -0.4 is 0 Å². The molecule has 6 nitrogen and oxygen atoms in total. The monoisotopic (exact) mass is 668 g/mol. The number of hydrogen-bond acceptors (Lipinski definition) is 6. The summed E-state index contributed by atoms with van der Waals surface area (Å²) >= 11 is 3.76. The van der Waals surface area contributed by atoms with Crippen molar-refractivity contribution in [3.8, 4) is 67.5 Å². The second-order valence-corrected chi connectivity index (χ2v) is 12.0. The predicted molar refractivity (Wildman–Crippen MR) is 191 cm³/mol. The Morgan fingerprint density at radius 1 is 0.404 bits per heavy atom. The maximum absolute atomic E-state index is 5.03. The van der Waals surface area contributed by atoms with Crippen molar-refractivity contribution in [3.05, 3.63) is 157 Å². The van der Waals surface area contributed by atoms with E-state index in [-0.39, 0.29) is 0 Å². The van der Waals surface area contributed by atoms with Crippen LogP contribution in [0.3, 0.4) is 0 Å². The Bertz CT molecular complexity index is 2240. The van der Waals surface area contributed by atoms with Crippen molar-refractivity contribution in [1.29, 1.82) is 0 Å². The van der Waals surface area contributed by atoms with Gasteiger partial charge in [-0.25, -0.2) is 15.0 Å². The largest absolute Gasteiger partial charge is 0.264 e. The van der Waals surface area contributed by atoms with E-state index in [1.165, 1.54) is 0 Å². The van der Waals surface area contributed by atoms with Crippen LogP contribution in [0.2, 0.25) is 0 Å². The third-order valence-electron chi connectivity index (χ3n) is 8.02. The molecule has 0 amide bonds. The first kappa shape index (κ1) is 28.5. The van der Waals surface area contributed by atoms with Crippen LogP contribution in [-0.2, 0) is 0 Å². The third-order valence-corrected chi connectivity index (χ3v) is 8.48. The zero-order valence-corrected chi connectivity index (χ0v) is 26.6. The lowest BCUT2D eigenvalue weighted by Gasteiger charge is -2.12. The molecule has 0 aliphatic rings. The smallest absolute Gasteiger partial charge is 0.164 e. The molecule has 8 aromatic rings. The quantitative estimate of drug-likeness (QED) is 0.175. The van der Waals surface area contributed by atoms with Gasteiger partial charge in [0.05, 0.1) is 5.52 Å². The molecule has 0 saturated heterocycles. The highest BCUT2D eigenvalue weighted by molar-refractivity contribution is 9.10. The number of benzene rings is 4. The highest BCUT2D eigenvalue weighted by Gasteiger charge is 2.15. The van der Waals surface area contributed by atoms with E-state index in [9.17, 15) is 0 Å². The van der Waals surface area contributed by atoms with Gasteiger partial charge in [-0.3, -0.25) is 15.0 Å². The van der Waals surface area contributed by atoms with Crippen LogP contribution >= 0.6 is 15.9 Å². The van der Waals surface area contributed by atoms with Crippen LogP contribution in [-0.4, -0.2) is 29.9 Å². The summed E-state index contributed by atoms with van der Waals surface area (Å²) in [5.41, 5.74) is 9.98. The molecule has 0 N–H and O–H groups in total. The zero-order valence-electron chi connectivity index (χ0n) is 25.0. The van der Waals surface area contributed by atoms with E-state index in [0.29, 0.717) is 17.5 Å². The van der Waals surface area contributed by atoms with Gasteiger partial charge in [-0.1, -0.05) is 94.8 Å². The van der Waals surface area contributed by atoms with Crippen molar-refractivity contribution in [2.24, 2.45) is 0 Å². The van der Waals surface area contributed by atoms with Gasteiger partial charge in [0, 0.05) is 57.5 Å². The van der Waals surface area contributed by atoms with E-state index in [2.05, 4.69) is 79.4 Å². The molecule has 0 spiro atoms. The fraction of sp³-hybridized carbons (Fsp3) is 0. The average Bonchev–Trinajstić information content (AvgIpc) is 3.15. The van der Waals surface area contributed by atoms with Crippen molar-refractivity contribution in [3.63, 3.8) is 0 Å². The van der Waals surface area contributed by atoms with E-state index in [1.807, 2.05) is 91.4 Å².